The number of carbonyl (C=O) groups excluding carboxylic acids is 2. The van der Waals surface area contributed by atoms with Gasteiger partial charge < -0.3 is 9.47 Å². The van der Waals surface area contributed by atoms with E-state index in [1.165, 1.54) is 19.9 Å². The SMILES string of the molecule is CC(=O)Oc1cc(OC(C)=O)c2c(=O)c3ccccc3ccc2c1. The monoisotopic (exact) mass is 322 g/mol. The first-order valence-electron chi connectivity index (χ1n) is 7.32. The Labute approximate surface area is 137 Å². The fourth-order valence-electron chi connectivity index (χ4n) is 2.61. The summed E-state index contributed by atoms with van der Waals surface area (Å²) in [6, 6.07) is 13.6. The van der Waals surface area contributed by atoms with Gasteiger partial charge in [0.15, 0.2) is 5.43 Å². The van der Waals surface area contributed by atoms with Crippen LogP contribution in [-0.4, -0.2) is 11.9 Å². The van der Waals surface area contributed by atoms with E-state index in [2.05, 4.69) is 0 Å². The fourth-order valence-corrected chi connectivity index (χ4v) is 2.61. The number of esters is 2. The Morgan fingerprint density at radius 2 is 1.50 bits per heavy atom. The van der Waals surface area contributed by atoms with Crippen molar-refractivity contribution in [3.8, 4) is 11.5 Å². The van der Waals surface area contributed by atoms with Gasteiger partial charge in [0, 0.05) is 25.3 Å². The lowest BCUT2D eigenvalue weighted by atomic mass is 10.1. The molecule has 5 nitrogen and oxygen atoms in total. The van der Waals surface area contributed by atoms with Crippen LogP contribution in [0.4, 0.5) is 0 Å². The van der Waals surface area contributed by atoms with Crippen LogP contribution in [0.3, 0.4) is 0 Å². The number of rotatable bonds is 2. The van der Waals surface area contributed by atoms with Crippen LogP contribution in [-0.2, 0) is 9.59 Å². The van der Waals surface area contributed by atoms with Gasteiger partial charge in [-0.2, -0.15) is 0 Å². The van der Waals surface area contributed by atoms with E-state index in [9.17, 15) is 14.4 Å². The second-order valence-electron chi connectivity index (χ2n) is 5.32. The maximum atomic E-state index is 12.9. The number of carbonyl (C=O) groups is 2. The van der Waals surface area contributed by atoms with E-state index in [1.54, 1.807) is 30.3 Å². The van der Waals surface area contributed by atoms with Crippen LogP contribution < -0.4 is 14.9 Å². The first-order valence-corrected chi connectivity index (χ1v) is 7.32. The first kappa shape index (κ1) is 15.7. The van der Waals surface area contributed by atoms with Crippen LogP contribution >= 0.6 is 0 Å². The molecule has 0 fully saturated rings. The molecule has 0 aromatic heterocycles. The van der Waals surface area contributed by atoms with Gasteiger partial charge in [0.1, 0.15) is 11.5 Å². The lowest BCUT2D eigenvalue weighted by Gasteiger charge is -2.07. The number of benzene rings is 2. The molecule has 0 radical (unpaired) electrons. The molecule has 3 aromatic carbocycles. The third-order valence-corrected chi connectivity index (χ3v) is 3.50. The molecular weight excluding hydrogens is 308 g/mol. The van der Waals surface area contributed by atoms with E-state index in [1.807, 2.05) is 12.1 Å². The molecule has 0 N–H and O–H groups in total. The predicted octanol–water partition coefficient (Wildman–Crippen LogP) is 3.20. The Kier molecular flexibility index (Phi) is 4.00. The number of hydrogen-bond donors (Lipinski definition) is 0. The summed E-state index contributed by atoms with van der Waals surface area (Å²) in [7, 11) is 0. The molecule has 0 saturated heterocycles. The zero-order chi connectivity index (χ0) is 17.3. The summed E-state index contributed by atoms with van der Waals surface area (Å²) in [4.78, 5) is 35.5. The summed E-state index contributed by atoms with van der Waals surface area (Å²) in [5.74, 6) is -0.786. The fraction of sp³-hybridized carbons (Fsp3) is 0.105. The maximum absolute atomic E-state index is 12.9. The van der Waals surface area contributed by atoms with Gasteiger partial charge in [-0.05, 0) is 16.8 Å². The molecule has 120 valence electrons. The molecule has 0 unspecified atom stereocenters. The van der Waals surface area contributed by atoms with Gasteiger partial charge >= 0.3 is 11.9 Å². The molecule has 0 amide bonds. The van der Waals surface area contributed by atoms with Crippen LogP contribution in [0.1, 0.15) is 13.8 Å². The minimum Gasteiger partial charge on any atom is -0.427 e. The normalized spacial score (nSPS) is 10.6. The highest BCUT2D eigenvalue weighted by Gasteiger charge is 2.13. The summed E-state index contributed by atoms with van der Waals surface area (Å²) in [6.45, 7) is 2.52. The molecule has 3 rings (SSSR count). The summed E-state index contributed by atoms with van der Waals surface area (Å²) in [6.07, 6.45) is 0. The molecule has 0 aliphatic carbocycles. The Morgan fingerprint density at radius 3 is 2.21 bits per heavy atom. The number of fused-ring (bicyclic) bond motifs is 2. The molecule has 3 aromatic rings. The van der Waals surface area contributed by atoms with Gasteiger partial charge in [-0.3, -0.25) is 14.4 Å². The lowest BCUT2D eigenvalue weighted by Crippen LogP contribution is -2.08. The van der Waals surface area contributed by atoms with Crippen LogP contribution in [0.2, 0.25) is 0 Å². The van der Waals surface area contributed by atoms with Gasteiger partial charge in [-0.25, -0.2) is 0 Å². The van der Waals surface area contributed by atoms with E-state index in [4.69, 9.17) is 9.47 Å². The second kappa shape index (κ2) is 6.12. The predicted molar refractivity (Wildman–Crippen MR) is 90.3 cm³/mol. The molecule has 0 saturated carbocycles. The zero-order valence-electron chi connectivity index (χ0n) is 13.2. The Morgan fingerprint density at radius 1 is 0.833 bits per heavy atom. The van der Waals surface area contributed by atoms with E-state index in [-0.39, 0.29) is 22.3 Å². The van der Waals surface area contributed by atoms with Crippen molar-refractivity contribution in [3.63, 3.8) is 0 Å². The average Bonchev–Trinajstić information content (AvgIpc) is 2.64. The highest BCUT2D eigenvalue weighted by molar-refractivity contribution is 5.98. The van der Waals surface area contributed by atoms with Crippen LogP contribution in [0.15, 0.2) is 53.3 Å². The summed E-state index contributed by atoms with van der Waals surface area (Å²) in [5.41, 5.74) is -0.253. The Hall–Kier alpha value is -3.21. The van der Waals surface area contributed by atoms with Crippen molar-refractivity contribution in [2.45, 2.75) is 13.8 Å². The summed E-state index contributed by atoms with van der Waals surface area (Å²) in [5, 5.41) is 2.07. The molecule has 0 heterocycles. The highest BCUT2D eigenvalue weighted by atomic mass is 16.5. The number of hydrogen-bond acceptors (Lipinski definition) is 5. The molecular formula is C19H14O5. The molecule has 0 aliphatic rings. The van der Waals surface area contributed by atoms with Crippen molar-refractivity contribution >= 4 is 33.5 Å². The molecule has 0 aliphatic heterocycles. The van der Waals surface area contributed by atoms with E-state index < -0.39 is 11.9 Å². The lowest BCUT2D eigenvalue weighted by molar-refractivity contribution is -0.132. The van der Waals surface area contributed by atoms with Crippen LogP contribution in [0.5, 0.6) is 11.5 Å². The van der Waals surface area contributed by atoms with Crippen molar-refractivity contribution in [2.24, 2.45) is 0 Å². The van der Waals surface area contributed by atoms with Crippen molar-refractivity contribution in [1.29, 1.82) is 0 Å². The highest BCUT2D eigenvalue weighted by Crippen LogP contribution is 2.30. The largest absolute Gasteiger partial charge is 0.427 e. The van der Waals surface area contributed by atoms with Crippen LogP contribution in [0, 0.1) is 0 Å². The topological polar surface area (TPSA) is 69.7 Å². The Bertz CT molecular complexity index is 1040. The van der Waals surface area contributed by atoms with Crippen LogP contribution in [0.25, 0.3) is 21.5 Å². The van der Waals surface area contributed by atoms with Gasteiger partial charge in [0.05, 0.1) is 5.39 Å². The van der Waals surface area contributed by atoms with Gasteiger partial charge in [-0.1, -0.05) is 36.4 Å². The smallest absolute Gasteiger partial charge is 0.308 e. The minimum absolute atomic E-state index is 0.0719. The molecule has 0 bridgehead atoms. The third kappa shape index (κ3) is 2.96. The number of ether oxygens (including phenoxy) is 2. The molecule has 5 heteroatoms. The third-order valence-electron chi connectivity index (χ3n) is 3.50. The second-order valence-corrected chi connectivity index (χ2v) is 5.32. The first-order chi connectivity index (χ1) is 11.5. The average molecular weight is 322 g/mol. The summed E-state index contributed by atoms with van der Waals surface area (Å²) >= 11 is 0. The standard InChI is InChI=1S/C19H14O5/c1-11(20)23-15-9-14-8-7-13-5-3-4-6-16(13)19(22)18(14)17(10-15)24-12(2)21/h3-10H,1-2H3. The van der Waals surface area contributed by atoms with E-state index in [0.29, 0.717) is 10.8 Å². The minimum atomic E-state index is -0.563. The zero-order valence-corrected chi connectivity index (χ0v) is 13.2. The molecule has 0 atom stereocenters. The van der Waals surface area contributed by atoms with Crippen molar-refractivity contribution in [2.75, 3.05) is 0 Å². The van der Waals surface area contributed by atoms with Gasteiger partial charge in [0.2, 0.25) is 0 Å². The summed E-state index contributed by atoms with van der Waals surface area (Å²) < 4.78 is 10.3. The van der Waals surface area contributed by atoms with E-state index in [0.717, 1.165) is 5.39 Å². The Balaban J connectivity index is 2.44. The van der Waals surface area contributed by atoms with Gasteiger partial charge in [-0.15, -0.1) is 0 Å². The quantitative estimate of drug-likeness (QED) is 0.535. The maximum Gasteiger partial charge on any atom is 0.308 e. The molecule has 0 spiro atoms. The van der Waals surface area contributed by atoms with Crippen molar-refractivity contribution < 1.29 is 19.1 Å². The van der Waals surface area contributed by atoms with Gasteiger partial charge in [0.25, 0.3) is 0 Å². The van der Waals surface area contributed by atoms with E-state index >= 15 is 0 Å². The van der Waals surface area contributed by atoms with Crippen molar-refractivity contribution in [1.82, 2.24) is 0 Å². The van der Waals surface area contributed by atoms with Crippen molar-refractivity contribution in [3.05, 3.63) is 58.8 Å². The molecule has 24 heavy (non-hydrogen) atoms.